The summed E-state index contributed by atoms with van der Waals surface area (Å²) in [4.78, 5) is 6.14. The molecule has 0 aliphatic carbocycles. The number of amidine groups is 2. The summed E-state index contributed by atoms with van der Waals surface area (Å²) in [6.45, 7) is 8.55. The molecule has 24 heavy (non-hydrogen) atoms. The highest BCUT2D eigenvalue weighted by atomic mass is 35.5. The van der Waals surface area contributed by atoms with Crippen LogP contribution < -0.4 is 0 Å². The van der Waals surface area contributed by atoms with Crippen LogP contribution in [0.4, 0.5) is 0 Å². The maximum Gasteiger partial charge on any atom is 0.322 e. The average molecular weight is 448 g/mol. The molecule has 5 nitrogen and oxygen atoms in total. The molecule has 0 aromatic rings. The van der Waals surface area contributed by atoms with Gasteiger partial charge >= 0.3 is 5.69 Å². The van der Waals surface area contributed by atoms with Gasteiger partial charge in [0.2, 0.25) is 4.46 Å². The Morgan fingerprint density at radius 1 is 1.46 bits per heavy atom. The molecule has 2 aliphatic rings. The van der Waals surface area contributed by atoms with Crippen LogP contribution in [0.25, 0.3) is 0 Å². The zero-order chi connectivity index (χ0) is 18.0. The van der Waals surface area contributed by atoms with Crippen molar-refractivity contribution < 1.29 is 9.15 Å². The Morgan fingerprint density at radius 3 is 2.79 bits per heavy atom. The molecule has 0 radical (unpaired) electrons. The predicted molar refractivity (Wildman–Crippen MR) is 112 cm³/mol. The summed E-state index contributed by atoms with van der Waals surface area (Å²) in [6, 6.07) is 0. The first kappa shape index (κ1) is 20.9. The summed E-state index contributed by atoms with van der Waals surface area (Å²) in [7, 11) is 0. The van der Waals surface area contributed by atoms with Crippen molar-refractivity contribution in [3.63, 3.8) is 0 Å². The minimum Gasteiger partial charge on any atom is -0.328 e. The van der Waals surface area contributed by atoms with Gasteiger partial charge in [0, 0.05) is 12.0 Å². The monoisotopic (exact) mass is 447 g/mol. The van der Waals surface area contributed by atoms with E-state index < -0.39 is 10.2 Å². The van der Waals surface area contributed by atoms with Gasteiger partial charge in [-0.05, 0) is 45.1 Å². The highest BCUT2D eigenvalue weighted by Crippen LogP contribution is 2.61. The predicted octanol–water partition coefficient (Wildman–Crippen LogP) is 5.56. The van der Waals surface area contributed by atoms with Crippen LogP contribution in [0.15, 0.2) is 22.4 Å². The van der Waals surface area contributed by atoms with Crippen molar-refractivity contribution in [2.75, 3.05) is 12.4 Å². The number of alkyl halides is 2. The van der Waals surface area contributed by atoms with Crippen molar-refractivity contribution in [1.82, 2.24) is 4.90 Å². The Hall–Kier alpha value is 0.570. The SMILES string of the molecule is CCCSP(=S)(OCC)ON=C1N2C=CC(Cl)(Cl)N=C2SC1(C)C. The zero-order valence-electron chi connectivity index (χ0n) is 13.9. The highest BCUT2D eigenvalue weighted by Gasteiger charge is 2.45. The third kappa shape index (κ3) is 5.06. The number of aliphatic imine (C=N–C) groups is 1. The van der Waals surface area contributed by atoms with Gasteiger partial charge in [0.15, 0.2) is 11.0 Å². The van der Waals surface area contributed by atoms with Crippen molar-refractivity contribution in [2.45, 2.75) is 43.3 Å². The molecule has 0 bridgehead atoms. The van der Waals surface area contributed by atoms with Crippen molar-refractivity contribution in [2.24, 2.45) is 10.1 Å². The van der Waals surface area contributed by atoms with Crippen LogP contribution in [0, 0.1) is 0 Å². The lowest BCUT2D eigenvalue weighted by Crippen LogP contribution is -2.35. The Kier molecular flexibility index (Phi) is 7.02. The fourth-order valence-electron chi connectivity index (χ4n) is 1.93. The lowest BCUT2D eigenvalue weighted by molar-refractivity contribution is 0.277. The van der Waals surface area contributed by atoms with Crippen LogP contribution in [0.2, 0.25) is 0 Å². The Bertz CT molecular complexity index is 626. The Morgan fingerprint density at radius 2 is 2.17 bits per heavy atom. The van der Waals surface area contributed by atoms with Crippen LogP contribution in [0.1, 0.15) is 34.1 Å². The van der Waals surface area contributed by atoms with E-state index in [1.807, 2.05) is 25.7 Å². The number of hydrogen-bond acceptors (Lipinski definition) is 7. The van der Waals surface area contributed by atoms with Gasteiger partial charge in [-0.1, -0.05) is 58.4 Å². The third-order valence-electron chi connectivity index (χ3n) is 2.96. The largest absolute Gasteiger partial charge is 0.328 e. The van der Waals surface area contributed by atoms with Crippen LogP contribution >= 0.6 is 52.0 Å². The molecule has 1 atom stereocenters. The summed E-state index contributed by atoms with van der Waals surface area (Å²) in [5.74, 6) is 1.56. The number of rotatable bonds is 7. The summed E-state index contributed by atoms with van der Waals surface area (Å²) >= 11 is 20.8. The minimum atomic E-state index is -2.51. The molecule has 0 aromatic carbocycles. The molecule has 1 saturated heterocycles. The first-order valence-electron chi connectivity index (χ1n) is 7.44. The lowest BCUT2D eigenvalue weighted by Gasteiger charge is -2.24. The number of oxime groups is 1. The van der Waals surface area contributed by atoms with E-state index in [1.165, 1.54) is 23.1 Å². The molecule has 11 heteroatoms. The average Bonchev–Trinajstić information content (AvgIpc) is 2.71. The van der Waals surface area contributed by atoms with E-state index in [-0.39, 0.29) is 4.75 Å². The number of nitrogens with zero attached hydrogens (tertiary/aromatic N) is 3. The van der Waals surface area contributed by atoms with E-state index in [2.05, 4.69) is 17.1 Å². The van der Waals surface area contributed by atoms with E-state index in [0.29, 0.717) is 17.6 Å². The van der Waals surface area contributed by atoms with Gasteiger partial charge in [-0.25, -0.2) is 4.99 Å². The maximum atomic E-state index is 6.07. The molecule has 0 N–H and O–H groups in total. The van der Waals surface area contributed by atoms with Gasteiger partial charge in [0.1, 0.15) is 0 Å². The quantitative estimate of drug-likeness (QED) is 0.220. The third-order valence-corrected chi connectivity index (χ3v) is 9.78. The molecular weight excluding hydrogens is 428 g/mol. The van der Waals surface area contributed by atoms with E-state index in [9.17, 15) is 0 Å². The Balaban J connectivity index is 2.24. The van der Waals surface area contributed by atoms with Crippen LogP contribution in [-0.4, -0.2) is 37.5 Å². The fourth-order valence-corrected chi connectivity index (χ4v) is 7.58. The second-order valence-corrected chi connectivity index (χ2v) is 14.7. The lowest BCUT2D eigenvalue weighted by atomic mass is 10.2. The van der Waals surface area contributed by atoms with Crippen molar-refractivity contribution >= 4 is 74.8 Å². The second-order valence-electron chi connectivity index (χ2n) is 5.48. The number of hydrogen-bond donors (Lipinski definition) is 0. The maximum absolute atomic E-state index is 6.07. The van der Waals surface area contributed by atoms with Crippen molar-refractivity contribution in [1.29, 1.82) is 0 Å². The van der Waals surface area contributed by atoms with E-state index in [1.54, 1.807) is 12.3 Å². The topological polar surface area (TPSA) is 46.4 Å². The molecule has 2 rings (SSSR count). The van der Waals surface area contributed by atoms with Crippen molar-refractivity contribution in [3.8, 4) is 0 Å². The number of halogens is 2. The molecular formula is C13H20Cl2N3O2PS3. The fraction of sp³-hybridized carbons (Fsp3) is 0.692. The van der Waals surface area contributed by atoms with Crippen LogP contribution in [0.3, 0.4) is 0 Å². The van der Waals surface area contributed by atoms with Crippen molar-refractivity contribution in [3.05, 3.63) is 12.3 Å². The van der Waals surface area contributed by atoms with Gasteiger partial charge in [0.25, 0.3) is 0 Å². The first-order chi connectivity index (χ1) is 11.1. The number of fused-ring (bicyclic) bond motifs is 1. The normalized spacial score (nSPS) is 25.3. The molecule has 0 amide bonds. The number of thioether (sulfide) groups is 1. The molecule has 1 unspecified atom stereocenters. The molecule has 2 heterocycles. The van der Waals surface area contributed by atoms with Gasteiger partial charge in [-0.2, -0.15) is 0 Å². The van der Waals surface area contributed by atoms with Gasteiger partial charge in [-0.3, -0.25) is 4.90 Å². The Labute approximate surface area is 166 Å². The first-order valence-corrected chi connectivity index (χ1v) is 13.2. The molecule has 0 saturated carbocycles. The molecule has 2 aliphatic heterocycles. The summed E-state index contributed by atoms with van der Waals surface area (Å²) < 4.78 is 9.81. The zero-order valence-corrected chi connectivity index (χ0v) is 18.7. The summed E-state index contributed by atoms with van der Waals surface area (Å²) in [5.41, 5.74) is -2.51. The van der Waals surface area contributed by atoms with Gasteiger partial charge in [-0.15, -0.1) is 0 Å². The van der Waals surface area contributed by atoms with Gasteiger partial charge < -0.3 is 9.15 Å². The summed E-state index contributed by atoms with van der Waals surface area (Å²) in [5, 5.41) is 5.04. The highest BCUT2D eigenvalue weighted by molar-refractivity contribution is 8.67. The minimum absolute atomic E-state index is 0.348. The smallest absolute Gasteiger partial charge is 0.322 e. The molecule has 1 fully saturated rings. The van der Waals surface area contributed by atoms with E-state index in [0.717, 1.165) is 12.2 Å². The molecule has 0 spiro atoms. The second kappa shape index (κ2) is 8.07. The van der Waals surface area contributed by atoms with Crippen LogP contribution in [0.5, 0.6) is 0 Å². The van der Waals surface area contributed by atoms with E-state index in [4.69, 9.17) is 44.2 Å². The summed E-state index contributed by atoms with van der Waals surface area (Å²) in [6.07, 6.45) is 4.35. The van der Waals surface area contributed by atoms with Crippen LogP contribution in [-0.2, 0) is 21.0 Å². The standard InChI is InChI=1S/C13H20Cl2N3O2PS3/c1-5-9-23-21(22,19-6-2)20-17-10-12(3,4)24-11-16-13(14,15)7-8-18(10)11/h7-8H,5-6,9H2,1-4H3. The molecule has 0 aromatic heterocycles. The molecule has 136 valence electrons. The van der Waals surface area contributed by atoms with Gasteiger partial charge in [0.05, 0.1) is 11.4 Å². The van der Waals surface area contributed by atoms with E-state index >= 15 is 0 Å².